The van der Waals surface area contributed by atoms with Gasteiger partial charge in [0.25, 0.3) is 11.5 Å². The lowest BCUT2D eigenvalue weighted by Crippen LogP contribution is -2.72. The number of rotatable bonds is 4. The molecule has 2 aliphatic rings. The van der Waals surface area contributed by atoms with Crippen LogP contribution in [0.15, 0.2) is 39.7 Å². The number of hydrogen-bond acceptors (Lipinski definition) is 5. The maximum absolute atomic E-state index is 14.6. The van der Waals surface area contributed by atoms with Gasteiger partial charge in [0.2, 0.25) is 0 Å². The molecule has 1 amide bonds. The number of halogens is 2. The number of carbonyl (C=O) groups excluding carboxylic acids is 1. The van der Waals surface area contributed by atoms with Gasteiger partial charge in [-0.25, -0.2) is 4.39 Å². The topological polar surface area (TPSA) is 87.7 Å². The quantitative estimate of drug-likeness (QED) is 0.476. The second-order valence-corrected chi connectivity index (χ2v) is 10.3. The Morgan fingerprint density at radius 3 is 2.82 bits per heavy atom. The van der Waals surface area contributed by atoms with Gasteiger partial charge in [-0.15, -0.1) is 0 Å². The van der Waals surface area contributed by atoms with Crippen LogP contribution in [0.4, 0.5) is 4.39 Å². The Morgan fingerprint density at radius 2 is 2.12 bits per heavy atom. The highest BCUT2D eigenvalue weighted by atomic mass is 127. The molecule has 1 unspecified atom stereocenters. The summed E-state index contributed by atoms with van der Waals surface area (Å²) in [5.74, 6) is -0.721. The minimum absolute atomic E-state index is 0.0422. The number of pyridine rings is 1. The number of aromatic nitrogens is 1. The van der Waals surface area contributed by atoms with Crippen molar-refractivity contribution < 1.29 is 18.7 Å². The largest absolute Gasteiger partial charge is 0.463 e. The van der Waals surface area contributed by atoms with E-state index in [9.17, 15) is 19.1 Å². The van der Waals surface area contributed by atoms with Crippen LogP contribution in [0.3, 0.4) is 0 Å². The van der Waals surface area contributed by atoms with Gasteiger partial charge in [-0.05, 0) is 65.7 Å². The molecule has 0 aliphatic carbocycles. The van der Waals surface area contributed by atoms with Crippen molar-refractivity contribution in [3.63, 3.8) is 0 Å². The van der Waals surface area contributed by atoms with E-state index < -0.39 is 11.4 Å². The van der Waals surface area contributed by atoms with Crippen molar-refractivity contribution in [3.8, 4) is 0 Å². The normalized spacial score (nSPS) is 20.1. The van der Waals surface area contributed by atoms with Crippen LogP contribution in [0.5, 0.6) is 0 Å². The van der Waals surface area contributed by atoms with Crippen LogP contribution < -0.4 is 10.9 Å². The molecule has 9 heteroatoms. The van der Waals surface area contributed by atoms with Gasteiger partial charge >= 0.3 is 0 Å². The number of carbonyl (C=O) groups is 1. The van der Waals surface area contributed by atoms with Gasteiger partial charge in [-0.1, -0.05) is 12.5 Å². The maximum atomic E-state index is 14.6. The molecule has 0 spiro atoms. The number of β-amino-alcohol motifs (C(OH)–C–C–N with tert-alkyl or cyclic N) is 1. The third kappa shape index (κ3) is 3.89. The van der Waals surface area contributed by atoms with Crippen molar-refractivity contribution in [2.45, 2.75) is 37.3 Å². The minimum atomic E-state index is -0.971. The molecule has 2 aromatic heterocycles. The molecule has 0 bridgehead atoms. The first-order chi connectivity index (χ1) is 15.8. The van der Waals surface area contributed by atoms with E-state index >= 15 is 0 Å². The Kier molecular flexibility index (Phi) is 5.82. The summed E-state index contributed by atoms with van der Waals surface area (Å²) in [6.07, 6.45) is 4.46. The van der Waals surface area contributed by atoms with Crippen LogP contribution >= 0.6 is 22.6 Å². The van der Waals surface area contributed by atoms with Crippen molar-refractivity contribution in [3.05, 3.63) is 67.1 Å². The number of furan rings is 1. The maximum Gasteiger partial charge on any atom is 0.261 e. The molecule has 0 radical (unpaired) electrons. The van der Waals surface area contributed by atoms with Crippen LogP contribution in [-0.2, 0) is 13.5 Å². The monoisotopic (exact) mass is 565 g/mol. The number of likely N-dealkylation sites (tertiary alicyclic amines) is 1. The summed E-state index contributed by atoms with van der Waals surface area (Å²) in [5, 5.41) is 14.7. The number of benzene rings is 1. The predicted octanol–water partition coefficient (Wildman–Crippen LogP) is 2.80. The van der Waals surface area contributed by atoms with Gasteiger partial charge in [0, 0.05) is 28.8 Å². The summed E-state index contributed by atoms with van der Waals surface area (Å²) in [6, 6.07) is 6.38. The Labute approximate surface area is 203 Å². The second kappa shape index (κ2) is 8.52. The highest BCUT2D eigenvalue weighted by molar-refractivity contribution is 14.1. The van der Waals surface area contributed by atoms with Gasteiger partial charge in [-0.2, -0.15) is 0 Å². The molecule has 2 aliphatic heterocycles. The number of nitrogens with zero attached hydrogens (tertiary/aromatic N) is 2. The number of aliphatic hydroxyl groups is 1. The van der Waals surface area contributed by atoms with Crippen LogP contribution in [0.25, 0.3) is 11.0 Å². The minimum Gasteiger partial charge on any atom is -0.463 e. The Morgan fingerprint density at radius 1 is 1.33 bits per heavy atom. The molecule has 33 heavy (non-hydrogen) atoms. The number of amides is 1. The first-order valence-corrected chi connectivity index (χ1v) is 12.1. The summed E-state index contributed by atoms with van der Waals surface area (Å²) in [7, 11) is 1.59. The van der Waals surface area contributed by atoms with Gasteiger partial charge < -0.3 is 24.3 Å². The Bertz CT molecular complexity index is 1290. The van der Waals surface area contributed by atoms with E-state index in [0.717, 1.165) is 29.4 Å². The molecule has 1 aromatic carbocycles. The van der Waals surface area contributed by atoms with E-state index in [2.05, 4.69) is 5.32 Å². The van der Waals surface area contributed by atoms with Gasteiger partial charge in [0.1, 0.15) is 17.0 Å². The zero-order valence-electron chi connectivity index (χ0n) is 18.2. The number of nitrogens with one attached hydrogen (secondary N) is 1. The molecule has 3 aromatic rings. The van der Waals surface area contributed by atoms with Crippen molar-refractivity contribution in [1.82, 2.24) is 14.8 Å². The Hall–Kier alpha value is -2.24. The number of hydrogen-bond donors (Lipinski definition) is 2. The molecule has 2 saturated heterocycles. The van der Waals surface area contributed by atoms with E-state index in [1.807, 2.05) is 22.6 Å². The number of piperidine rings is 1. The highest BCUT2D eigenvalue weighted by Gasteiger charge is 2.50. The summed E-state index contributed by atoms with van der Waals surface area (Å²) < 4.78 is 22.4. The third-order valence-corrected chi connectivity index (χ3v) is 7.55. The highest BCUT2D eigenvalue weighted by Crippen LogP contribution is 2.33. The Balaban J connectivity index is 1.52. The molecule has 7 nitrogen and oxygen atoms in total. The average Bonchev–Trinajstić information content (AvgIpc) is 3.27. The smallest absolute Gasteiger partial charge is 0.261 e. The molecule has 0 saturated carbocycles. The summed E-state index contributed by atoms with van der Waals surface area (Å²) in [6.45, 7) is 1.26. The molecule has 1 atom stereocenters. The van der Waals surface area contributed by atoms with Crippen molar-refractivity contribution in [2.24, 2.45) is 7.05 Å². The van der Waals surface area contributed by atoms with Crippen LogP contribution in [-0.4, -0.2) is 51.8 Å². The van der Waals surface area contributed by atoms with E-state index in [1.165, 1.54) is 16.9 Å². The zero-order chi connectivity index (χ0) is 23.3. The summed E-state index contributed by atoms with van der Waals surface area (Å²) in [4.78, 5) is 28.1. The average molecular weight is 565 g/mol. The SMILES string of the molecule is Cn1c(Cc2ccc(I)cc2F)c(C(=O)N2CC(O)(C3CCCCN3)C2)c2occc2c1=O. The molecule has 5 rings (SSSR count). The second-order valence-electron chi connectivity index (χ2n) is 9.03. The van der Waals surface area contributed by atoms with E-state index in [4.69, 9.17) is 4.42 Å². The first kappa shape index (κ1) is 22.5. The lowest BCUT2D eigenvalue weighted by Gasteiger charge is -2.51. The zero-order valence-corrected chi connectivity index (χ0v) is 20.4. The van der Waals surface area contributed by atoms with E-state index in [-0.39, 0.29) is 48.2 Å². The number of fused-ring (bicyclic) bond motifs is 1. The van der Waals surface area contributed by atoms with Crippen molar-refractivity contribution in [1.29, 1.82) is 0 Å². The van der Waals surface area contributed by atoms with E-state index in [1.54, 1.807) is 30.1 Å². The van der Waals surface area contributed by atoms with Gasteiger partial charge in [0.05, 0.1) is 24.7 Å². The molecule has 2 fully saturated rings. The van der Waals surface area contributed by atoms with Crippen LogP contribution in [0.2, 0.25) is 0 Å². The fraction of sp³-hybridized carbons (Fsp3) is 0.417. The molecular formula is C24H25FIN3O4. The molecule has 174 valence electrons. The van der Waals surface area contributed by atoms with Crippen molar-refractivity contribution >= 4 is 39.5 Å². The van der Waals surface area contributed by atoms with Crippen LogP contribution in [0.1, 0.15) is 40.9 Å². The standard InChI is InChI=1S/C24H25FIN3O4/c1-28-18(10-14-5-6-15(26)11-17(14)25)20(21-16(22(28)30)7-9-33-21)23(31)29-12-24(32,13-29)19-4-2-3-8-27-19/h5-7,9,11,19,27,32H,2-4,8,10,12-13H2,1H3. The van der Waals surface area contributed by atoms with Gasteiger partial charge in [-0.3, -0.25) is 9.59 Å². The van der Waals surface area contributed by atoms with Crippen molar-refractivity contribution in [2.75, 3.05) is 19.6 Å². The van der Waals surface area contributed by atoms with Gasteiger partial charge in [0.15, 0.2) is 5.58 Å². The fourth-order valence-corrected chi connectivity index (χ4v) is 5.45. The summed E-state index contributed by atoms with van der Waals surface area (Å²) >= 11 is 2.04. The van der Waals surface area contributed by atoms with Crippen LogP contribution in [0, 0.1) is 9.39 Å². The predicted molar refractivity (Wildman–Crippen MR) is 130 cm³/mol. The lowest BCUT2D eigenvalue weighted by molar-refractivity contribution is -0.108. The summed E-state index contributed by atoms with van der Waals surface area (Å²) in [5.41, 5.74) is -0.0520. The fourth-order valence-electron chi connectivity index (χ4n) is 4.99. The first-order valence-electron chi connectivity index (χ1n) is 11.1. The van der Waals surface area contributed by atoms with E-state index in [0.29, 0.717) is 16.6 Å². The lowest BCUT2D eigenvalue weighted by atomic mass is 9.81. The molecule has 4 heterocycles. The molecule has 2 N–H and O–H groups in total. The molecular weight excluding hydrogens is 540 g/mol. The third-order valence-electron chi connectivity index (χ3n) is 6.88.